The van der Waals surface area contributed by atoms with Crippen molar-refractivity contribution in [3.63, 3.8) is 0 Å². The van der Waals surface area contributed by atoms with Crippen LogP contribution in [0, 0.1) is 0 Å². The van der Waals surface area contributed by atoms with Crippen LogP contribution in [0.15, 0.2) is 47.5 Å². The lowest BCUT2D eigenvalue weighted by Gasteiger charge is -2.25. The summed E-state index contributed by atoms with van der Waals surface area (Å²) in [6.07, 6.45) is 1.52. The van der Waals surface area contributed by atoms with E-state index in [1.54, 1.807) is 23.1 Å². The lowest BCUT2D eigenvalue weighted by molar-refractivity contribution is -0.115. The van der Waals surface area contributed by atoms with Crippen LogP contribution < -0.4 is 10.1 Å². The molecule has 0 saturated heterocycles. The van der Waals surface area contributed by atoms with E-state index in [-0.39, 0.29) is 41.6 Å². The van der Waals surface area contributed by atoms with Gasteiger partial charge in [0.05, 0.1) is 30.2 Å². The van der Waals surface area contributed by atoms with Gasteiger partial charge in [0.2, 0.25) is 5.91 Å². The van der Waals surface area contributed by atoms with Crippen molar-refractivity contribution in [1.29, 1.82) is 0 Å². The van der Waals surface area contributed by atoms with Gasteiger partial charge in [-0.2, -0.15) is 0 Å². The number of hydrogen-bond donors (Lipinski definition) is 1. The van der Waals surface area contributed by atoms with E-state index >= 15 is 0 Å². The number of alkyl halides is 2. The largest absolute Gasteiger partial charge is 0.486 e. The van der Waals surface area contributed by atoms with E-state index in [2.05, 4.69) is 15.3 Å². The Hall–Kier alpha value is -3.53. The van der Waals surface area contributed by atoms with Gasteiger partial charge in [0.25, 0.3) is 12.3 Å². The topological polar surface area (TPSA) is 97.6 Å². The van der Waals surface area contributed by atoms with Crippen LogP contribution >= 0.6 is 11.6 Å². The van der Waals surface area contributed by atoms with E-state index in [9.17, 15) is 18.4 Å². The highest BCUT2D eigenvalue weighted by molar-refractivity contribution is 6.32. The number of pyridine rings is 1. The molecule has 172 valence electrons. The first-order valence-electron chi connectivity index (χ1n) is 10.00. The van der Waals surface area contributed by atoms with Crippen LogP contribution in [0.25, 0.3) is 0 Å². The van der Waals surface area contributed by atoms with Gasteiger partial charge < -0.3 is 19.4 Å². The molecule has 3 aromatic rings. The lowest BCUT2D eigenvalue weighted by atomic mass is 10.1. The van der Waals surface area contributed by atoms with Crippen LogP contribution in [0.2, 0.25) is 5.02 Å². The number of hydrogen-bond acceptors (Lipinski definition) is 6. The fourth-order valence-corrected chi connectivity index (χ4v) is 3.80. The summed E-state index contributed by atoms with van der Waals surface area (Å²) >= 11 is 6.19. The summed E-state index contributed by atoms with van der Waals surface area (Å²) in [5.41, 5.74) is 1.74. The molecule has 0 aliphatic carbocycles. The Balaban J connectivity index is 1.49. The van der Waals surface area contributed by atoms with Crippen LogP contribution in [0.5, 0.6) is 5.75 Å². The van der Waals surface area contributed by atoms with Crippen molar-refractivity contribution in [1.82, 2.24) is 14.9 Å². The van der Waals surface area contributed by atoms with Crippen molar-refractivity contribution in [3.8, 4) is 5.75 Å². The van der Waals surface area contributed by atoms with Crippen LogP contribution in [0.4, 0.5) is 14.6 Å². The first kappa shape index (κ1) is 22.7. The molecule has 33 heavy (non-hydrogen) atoms. The Morgan fingerprint density at radius 3 is 2.88 bits per heavy atom. The number of anilines is 1. The Morgan fingerprint density at radius 1 is 1.36 bits per heavy atom. The van der Waals surface area contributed by atoms with Gasteiger partial charge in [-0.15, -0.1) is 0 Å². The molecule has 1 N–H and O–H groups in total. The number of benzene rings is 1. The zero-order chi connectivity index (χ0) is 23.5. The standard InChI is InChI=1S/C22H19ClF2N4O4/c1-12(13-2-3-18(17(23)6-13)32-10-19(24)25)29-9-16-15(22(29)31)4-5-27-21(16)28-20(30)7-14-8-26-11-33-14/h2-6,8,11-12,19H,7,9-10H2,1H3,(H,27,28,30). The van der Waals surface area contributed by atoms with Crippen LogP contribution in [0.3, 0.4) is 0 Å². The highest BCUT2D eigenvalue weighted by Gasteiger charge is 2.34. The summed E-state index contributed by atoms with van der Waals surface area (Å²) in [6.45, 7) is 1.29. The molecule has 0 spiro atoms. The highest BCUT2D eigenvalue weighted by Crippen LogP contribution is 2.36. The number of oxazole rings is 1. The Labute approximate surface area is 192 Å². The second kappa shape index (κ2) is 9.53. The Bertz CT molecular complexity index is 1170. The van der Waals surface area contributed by atoms with E-state index in [1.165, 1.54) is 24.9 Å². The predicted molar refractivity (Wildman–Crippen MR) is 114 cm³/mol. The van der Waals surface area contributed by atoms with Crippen molar-refractivity contribution >= 4 is 29.2 Å². The molecule has 2 aromatic heterocycles. The smallest absolute Gasteiger partial charge is 0.272 e. The van der Waals surface area contributed by atoms with Gasteiger partial charge in [-0.1, -0.05) is 17.7 Å². The van der Waals surface area contributed by atoms with Crippen LogP contribution in [-0.2, 0) is 17.8 Å². The van der Waals surface area contributed by atoms with Crippen molar-refractivity contribution in [2.75, 3.05) is 11.9 Å². The summed E-state index contributed by atoms with van der Waals surface area (Å²) < 4.78 is 34.9. The van der Waals surface area contributed by atoms with E-state index in [0.717, 1.165) is 0 Å². The molecule has 4 rings (SSSR count). The number of carbonyl (C=O) groups is 2. The molecule has 8 nitrogen and oxygen atoms in total. The molecule has 0 radical (unpaired) electrons. The molecule has 2 amide bonds. The molecule has 3 heterocycles. The molecular weight excluding hydrogens is 458 g/mol. The zero-order valence-electron chi connectivity index (χ0n) is 17.4. The van der Waals surface area contributed by atoms with Gasteiger partial charge in [0.1, 0.15) is 23.9 Å². The first-order chi connectivity index (χ1) is 15.8. The van der Waals surface area contributed by atoms with E-state index in [1.807, 2.05) is 6.92 Å². The third-order valence-corrected chi connectivity index (χ3v) is 5.52. The summed E-state index contributed by atoms with van der Waals surface area (Å²) in [7, 11) is 0. The average molecular weight is 477 g/mol. The number of nitrogens with zero attached hydrogens (tertiary/aromatic N) is 3. The van der Waals surface area contributed by atoms with Gasteiger partial charge in [-0.25, -0.2) is 18.7 Å². The second-order valence-corrected chi connectivity index (χ2v) is 7.79. The van der Waals surface area contributed by atoms with Gasteiger partial charge >= 0.3 is 0 Å². The number of fused-ring (bicyclic) bond motifs is 1. The third kappa shape index (κ3) is 4.95. The average Bonchev–Trinajstić information content (AvgIpc) is 3.40. The number of halogens is 3. The second-order valence-electron chi connectivity index (χ2n) is 7.38. The lowest BCUT2D eigenvalue weighted by Crippen LogP contribution is -2.27. The minimum absolute atomic E-state index is 0.0160. The molecule has 1 aliphatic rings. The van der Waals surface area contributed by atoms with Gasteiger partial charge in [0, 0.05) is 17.3 Å². The summed E-state index contributed by atoms with van der Waals surface area (Å²) in [4.78, 5) is 35.0. The molecule has 1 unspecified atom stereocenters. The molecule has 1 aliphatic heterocycles. The molecule has 0 fully saturated rings. The fourth-order valence-electron chi connectivity index (χ4n) is 3.56. The predicted octanol–water partition coefficient (Wildman–Crippen LogP) is 4.27. The quantitative estimate of drug-likeness (QED) is 0.521. The monoisotopic (exact) mass is 476 g/mol. The summed E-state index contributed by atoms with van der Waals surface area (Å²) in [6, 6.07) is 5.98. The molecule has 0 bridgehead atoms. The summed E-state index contributed by atoms with van der Waals surface area (Å²) in [5.74, 6) is 0.278. The number of rotatable bonds is 8. The number of ether oxygens (including phenoxy) is 1. The summed E-state index contributed by atoms with van der Waals surface area (Å²) in [5, 5.41) is 2.90. The number of aromatic nitrogens is 2. The zero-order valence-corrected chi connectivity index (χ0v) is 18.2. The van der Waals surface area contributed by atoms with Crippen molar-refractivity contribution < 1.29 is 27.5 Å². The highest BCUT2D eigenvalue weighted by atomic mass is 35.5. The molecule has 1 atom stereocenters. The minimum Gasteiger partial charge on any atom is -0.486 e. The van der Waals surface area contributed by atoms with Crippen molar-refractivity contribution in [2.45, 2.75) is 32.4 Å². The van der Waals surface area contributed by atoms with Gasteiger partial charge in [0.15, 0.2) is 6.39 Å². The Kier molecular flexibility index (Phi) is 6.55. The SMILES string of the molecule is CC(c1ccc(OCC(F)F)c(Cl)c1)N1Cc2c(ccnc2NC(=O)Cc2cnco2)C1=O. The molecule has 0 saturated carbocycles. The number of nitrogens with one attached hydrogen (secondary N) is 1. The van der Waals surface area contributed by atoms with Crippen molar-refractivity contribution in [3.05, 3.63) is 70.5 Å². The number of carbonyl (C=O) groups excluding carboxylic acids is 2. The first-order valence-corrected chi connectivity index (χ1v) is 10.4. The Morgan fingerprint density at radius 2 is 2.18 bits per heavy atom. The van der Waals surface area contributed by atoms with E-state index in [0.29, 0.717) is 28.3 Å². The molecule has 1 aromatic carbocycles. The maximum absolute atomic E-state index is 13.1. The van der Waals surface area contributed by atoms with E-state index < -0.39 is 13.0 Å². The van der Waals surface area contributed by atoms with Crippen molar-refractivity contribution in [2.24, 2.45) is 0 Å². The fraction of sp³-hybridized carbons (Fsp3) is 0.273. The van der Waals surface area contributed by atoms with Gasteiger partial charge in [-0.05, 0) is 30.7 Å². The molecule has 11 heteroatoms. The van der Waals surface area contributed by atoms with E-state index in [4.69, 9.17) is 20.8 Å². The third-order valence-electron chi connectivity index (χ3n) is 5.22. The number of amides is 2. The van der Waals surface area contributed by atoms with Crippen LogP contribution in [-0.4, -0.2) is 39.7 Å². The molecular formula is C22H19ClF2N4O4. The van der Waals surface area contributed by atoms with Gasteiger partial charge in [-0.3, -0.25) is 9.59 Å². The van der Waals surface area contributed by atoms with Crippen LogP contribution in [0.1, 0.15) is 40.2 Å². The maximum atomic E-state index is 13.1. The normalized spacial score (nSPS) is 13.8. The maximum Gasteiger partial charge on any atom is 0.272 e. The minimum atomic E-state index is -2.61.